The minimum atomic E-state index is 1.17. The fourth-order valence-corrected chi connectivity index (χ4v) is 3.12. The van der Waals surface area contributed by atoms with Gasteiger partial charge in [-0.25, -0.2) is 0 Å². The van der Waals surface area contributed by atoms with Gasteiger partial charge in [-0.1, -0.05) is 23.8 Å². The number of hydrogen-bond donors (Lipinski definition) is 0. The summed E-state index contributed by atoms with van der Waals surface area (Å²) in [6, 6.07) is 4.48. The molecule has 0 bridgehead atoms. The van der Waals surface area contributed by atoms with Gasteiger partial charge in [0.1, 0.15) is 0 Å². The van der Waals surface area contributed by atoms with Gasteiger partial charge in [-0.3, -0.25) is 0 Å². The number of nitrogens with zero attached hydrogens (tertiary/aromatic N) is 3. The van der Waals surface area contributed by atoms with Crippen molar-refractivity contribution in [3.8, 4) is 0 Å². The van der Waals surface area contributed by atoms with Gasteiger partial charge in [-0.15, -0.1) is 6.67 Å². The summed E-state index contributed by atoms with van der Waals surface area (Å²) >= 11 is 1.75. The van der Waals surface area contributed by atoms with Crippen molar-refractivity contribution in [2.45, 2.75) is 20.8 Å². The van der Waals surface area contributed by atoms with E-state index in [9.17, 15) is 0 Å². The Morgan fingerprint density at radius 2 is 1.70 bits per heavy atom. The Bertz CT molecular complexity index is 654. The van der Waals surface area contributed by atoms with Crippen molar-refractivity contribution in [2.75, 3.05) is 19.0 Å². The van der Waals surface area contributed by atoms with Crippen LogP contribution in [0.25, 0.3) is 0 Å². The van der Waals surface area contributed by atoms with Gasteiger partial charge in [0.05, 0.1) is 5.82 Å². The van der Waals surface area contributed by atoms with E-state index in [0.717, 1.165) is 0 Å². The van der Waals surface area contributed by atoms with E-state index in [0.29, 0.717) is 0 Å². The molecule has 23 heavy (non-hydrogen) atoms. The number of benzene rings is 1. The van der Waals surface area contributed by atoms with Crippen LogP contribution in [0, 0.1) is 27.4 Å². The van der Waals surface area contributed by atoms with Gasteiger partial charge in [0, 0.05) is 25.5 Å². The predicted molar refractivity (Wildman–Crippen MR) is 94.1 cm³/mol. The van der Waals surface area contributed by atoms with E-state index in [4.69, 9.17) is 0 Å². The Hall–Kier alpha value is -1.13. The molecule has 0 saturated carbocycles. The second kappa shape index (κ2) is 7.63. The van der Waals surface area contributed by atoms with Crippen molar-refractivity contribution in [3.63, 3.8) is 0 Å². The molecule has 0 spiro atoms. The summed E-state index contributed by atoms with van der Waals surface area (Å²) in [4.78, 5) is 6.58. The van der Waals surface area contributed by atoms with E-state index in [1.54, 1.807) is 20.0 Å². The maximum atomic E-state index is 4.58. The average Bonchev–Trinajstić information content (AvgIpc) is 2.91. The summed E-state index contributed by atoms with van der Waals surface area (Å²) in [5.74, 6) is 1.17. The van der Waals surface area contributed by atoms with Crippen molar-refractivity contribution in [3.05, 3.63) is 71.4 Å². The number of allylic oxidation sites excluding steroid dienone is 3. The molecule has 2 aliphatic heterocycles. The van der Waals surface area contributed by atoms with Crippen LogP contribution in [0.1, 0.15) is 16.7 Å². The van der Waals surface area contributed by atoms with Crippen LogP contribution in [0.2, 0.25) is 0 Å². The van der Waals surface area contributed by atoms with Crippen LogP contribution in [-0.2, 0) is 20.0 Å². The second-order valence-electron chi connectivity index (χ2n) is 5.97. The fourth-order valence-electron chi connectivity index (χ4n) is 3.12. The molecule has 0 aliphatic carbocycles. The van der Waals surface area contributed by atoms with Crippen LogP contribution in [0.3, 0.4) is 0 Å². The number of anilines is 1. The van der Waals surface area contributed by atoms with Crippen LogP contribution < -0.4 is 4.90 Å². The third-order valence-electron chi connectivity index (χ3n) is 3.90. The molecule has 5 heteroatoms. The first-order valence-electron chi connectivity index (χ1n) is 7.36. The quantitative estimate of drug-likeness (QED) is 0.431. The molecule has 128 valence electrons. The van der Waals surface area contributed by atoms with E-state index in [-0.39, 0.29) is 0 Å². The third-order valence-corrected chi connectivity index (χ3v) is 3.90. The number of hydrogen-bond acceptors (Lipinski definition) is 3. The molecular weight excluding hydrogens is 491 g/mol. The summed E-state index contributed by atoms with van der Waals surface area (Å²) in [6.45, 7) is 8.67. The molecule has 0 N–H and O–H groups in total. The monoisotopic (exact) mass is 512 g/mol. The van der Waals surface area contributed by atoms with Crippen LogP contribution in [0.4, 0.5) is 5.69 Å². The van der Waals surface area contributed by atoms with Crippen molar-refractivity contribution in [1.29, 1.82) is 0 Å². The van der Waals surface area contributed by atoms with Crippen LogP contribution in [-0.4, -0.2) is 23.9 Å². The first-order valence-corrected chi connectivity index (χ1v) is 10.0. The molecule has 0 saturated heterocycles. The molecule has 2 aliphatic rings. The zero-order chi connectivity index (χ0) is 17.1. The Balaban J connectivity index is 0.000000924. The van der Waals surface area contributed by atoms with Crippen LogP contribution in [0.15, 0.2) is 48.1 Å². The summed E-state index contributed by atoms with van der Waals surface area (Å²) in [5, 5.41) is 0. The predicted octanol–water partition coefficient (Wildman–Crippen LogP) is 4.35. The first-order chi connectivity index (χ1) is 11.0. The van der Waals surface area contributed by atoms with Crippen LogP contribution >= 0.6 is 9.19 Å². The summed E-state index contributed by atoms with van der Waals surface area (Å²) in [5.41, 5.74) is 6.39. The van der Waals surface area contributed by atoms with Gasteiger partial charge in [-0.2, -0.15) is 0 Å². The first kappa shape index (κ1) is 18.2. The standard InChI is InChI=1S/C18H22N3.Au.ClH/c1-13-9-14(2)18(15(3)10-13)20-11-16-7-6-8-17(19(4)5)21(16)12-20;;/h6-12H,1-5H3;;1H/q-1;+1;/p-1. The Morgan fingerprint density at radius 3 is 2.26 bits per heavy atom. The van der Waals surface area contributed by atoms with E-state index in [1.807, 2.05) is 0 Å². The fraction of sp³-hybridized carbons (Fsp3) is 0.278. The number of halogens is 1. The molecule has 1 aromatic rings. The molecule has 0 radical (unpaired) electrons. The maximum absolute atomic E-state index is 4.58. The average molecular weight is 513 g/mol. The van der Waals surface area contributed by atoms with Gasteiger partial charge in [0.2, 0.25) is 0 Å². The van der Waals surface area contributed by atoms with E-state index >= 15 is 0 Å². The van der Waals surface area contributed by atoms with Gasteiger partial charge in [0.25, 0.3) is 0 Å². The van der Waals surface area contributed by atoms with Gasteiger partial charge in [0.15, 0.2) is 0 Å². The number of rotatable bonds is 2. The Labute approximate surface area is 155 Å². The molecule has 3 nitrogen and oxygen atoms in total. The summed E-state index contributed by atoms with van der Waals surface area (Å²) in [7, 11) is 8.73. The van der Waals surface area contributed by atoms with Gasteiger partial charge < -0.3 is 14.7 Å². The molecule has 0 amide bonds. The van der Waals surface area contributed by atoms with Gasteiger partial charge >= 0.3 is 29.2 Å². The summed E-state index contributed by atoms with van der Waals surface area (Å²) < 4.78 is 0. The van der Waals surface area contributed by atoms with E-state index in [1.165, 1.54) is 33.9 Å². The van der Waals surface area contributed by atoms with E-state index < -0.39 is 0 Å². The SMILES string of the molecule is Cc1cc(C)c(N2C=C3C=CC=C(N(C)C)N3[CH-]2)c(C)c1.[Cl][Au]. The van der Waals surface area contributed by atoms with Crippen molar-refractivity contribution >= 4 is 14.9 Å². The second-order valence-corrected chi connectivity index (χ2v) is 5.97. The molecular formula is C18H22AuClN3-. The van der Waals surface area contributed by atoms with Crippen molar-refractivity contribution in [1.82, 2.24) is 9.80 Å². The zero-order valence-electron chi connectivity index (χ0n) is 14.1. The van der Waals surface area contributed by atoms with Crippen molar-refractivity contribution < 1.29 is 20.0 Å². The summed E-state index contributed by atoms with van der Waals surface area (Å²) in [6.07, 6.45) is 8.57. The molecule has 0 atom stereocenters. The minimum absolute atomic E-state index is 1.17. The number of aryl methyl sites for hydroxylation is 3. The third kappa shape index (κ3) is 3.69. The van der Waals surface area contributed by atoms with Crippen molar-refractivity contribution in [2.24, 2.45) is 0 Å². The molecule has 1 aromatic carbocycles. The molecule has 2 heterocycles. The molecule has 0 unspecified atom stereocenters. The Kier molecular flexibility index (Phi) is 6.04. The van der Waals surface area contributed by atoms with Gasteiger partial charge in [-0.05, 0) is 50.3 Å². The number of fused-ring (bicyclic) bond motifs is 1. The van der Waals surface area contributed by atoms with Crippen LogP contribution in [0.5, 0.6) is 0 Å². The molecule has 0 aromatic heterocycles. The normalized spacial score (nSPS) is 15.7. The molecule has 0 fully saturated rings. The van der Waals surface area contributed by atoms with E-state index in [2.05, 4.69) is 102 Å². The topological polar surface area (TPSA) is 9.72 Å². The molecule has 3 rings (SSSR count). The Morgan fingerprint density at radius 1 is 1.09 bits per heavy atom. The zero-order valence-corrected chi connectivity index (χ0v) is 17.0.